The molecule has 2 rings (SSSR count). The summed E-state index contributed by atoms with van der Waals surface area (Å²) in [7, 11) is -8.38. The molecule has 1 aliphatic heterocycles. The van der Waals surface area contributed by atoms with Gasteiger partial charge in [0.15, 0.2) is 0 Å². The van der Waals surface area contributed by atoms with Crippen LogP contribution in [0.15, 0.2) is 23.1 Å². The molecule has 0 amide bonds. The van der Waals surface area contributed by atoms with E-state index < -0.39 is 31.4 Å². The van der Waals surface area contributed by atoms with Crippen molar-refractivity contribution in [3.8, 4) is 0 Å². The van der Waals surface area contributed by atoms with E-state index >= 15 is 0 Å². The molecule has 1 atom stereocenters. The lowest BCUT2D eigenvalue weighted by atomic mass is 9.81. The molecule has 1 unspecified atom stereocenters. The predicted octanol–water partition coefficient (Wildman–Crippen LogP) is 1.31. The van der Waals surface area contributed by atoms with Gasteiger partial charge >= 0.3 is 0 Å². The maximum atomic E-state index is 11.3. The van der Waals surface area contributed by atoms with E-state index in [1.807, 2.05) is 25.7 Å². The van der Waals surface area contributed by atoms with Crippen molar-refractivity contribution in [3.63, 3.8) is 0 Å². The number of hydrogen-bond donors (Lipinski definition) is 2. The molecule has 0 fully saturated rings. The molecule has 0 aromatic heterocycles. The maximum absolute atomic E-state index is 11.3. The standard InChI is InChI=1S/C13H19NO6S2/c1-9-13(2,3)11-8-10(22(18,19)20)4-5-12(11)14(9)6-7-21(15,16)17/h4-5,8-9H,6-7H2,1-3H3,(H,15,16,17)(H,18,19,20). The van der Waals surface area contributed by atoms with Gasteiger partial charge in [0.1, 0.15) is 0 Å². The first-order valence-electron chi connectivity index (χ1n) is 6.68. The number of hydrogen-bond acceptors (Lipinski definition) is 5. The van der Waals surface area contributed by atoms with Gasteiger partial charge in [0.2, 0.25) is 0 Å². The van der Waals surface area contributed by atoms with E-state index in [4.69, 9.17) is 4.55 Å². The molecule has 0 saturated heterocycles. The summed E-state index contributed by atoms with van der Waals surface area (Å²) in [6.07, 6.45) is 0. The van der Waals surface area contributed by atoms with Crippen molar-refractivity contribution in [2.75, 3.05) is 17.2 Å². The summed E-state index contributed by atoms with van der Waals surface area (Å²) >= 11 is 0. The summed E-state index contributed by atoms with van der Waals surface area (Å²) in [6.45, 7) is 5.83. The smallest absolute Gasteiger partial charge is 0.294 e. The Labute approximate surface area is 130 Å². The molecule has 1 aromatic rings. The molecular formula is C13H19NO6S2. The van der Waals surface area contributed by atoms with Gasteiger partial charge in [-0.05, 0) is 30.7 Å². The van der Waals surface area contributed by atoms with E-state index in [1.165, 1.54) is 12.1 Å². The van der Waals surface area contributed by atoms with Crippen LogP contribution in [-0.2, 0) is 25.7 Å². The van der Waals surface area contributed by atoms with Crippen molar-refractivity contribution in [2.24, 2.45) is 0 Å². The summed E-state index contributed by atoms with van der Waals surface area (Å²) < 4.78 is 62.6. The van der Waals surface area contributed by atoms with Gasteiger partial charge in [-0.25, -0.2) is 0 Å². The highest BCUT2D eigenvalue weighted by atomic mass is 32.2. The first-order chi connectivity index (χ1) is 9.84. The van der Waals surface area contributed by atoms with Crippen molar-refractivity contribution in [3.05, 3.63) is 23.8 Å². The summed E-state index contributed by atoms with van der Waals surface area (Å²) in [4.78, 5) is 1.62. The van der Waals surface area contributed by atoms with Crippen LogP contribution in [0.2, 0.25) is 0 Å². The molecular weight excluding hydrogens is 330 g/mol. The van der Waals surface area contributed by atoms with Crippen LogP contribution in [0.25, 0.3) is 0 Å². The molecule has 2 N–H and O–H groups in total. The van der Waals surface area contributed by atoms with Crippen molar-refractivity contribution in [1.29, 1.82) is 0 Å². The third kappa shape index (κ3) is 3.12. The van der Waals surface area contributed by atoms with Crippen LogP contribution in [0, 0.1) is 0 Å². The molecule has 1 aromatic carbocycles. The monoisotopic (exact) mass is 349 g/mol. The van der Waals surface area contributed by atoms with Crippen LogP contribution < -0.4 is 4.90 Å². The predicted molar refractivity (Wildman–Crippen MR) is 82.5 cm³/mol. The number of nitrogens with zero attached hydrogens (tertiary/aromatic N) is 1. The Morgan fingerprint density at radius 2 is 1.77 bits per heavy atom. The second-order valence-corrected chi connectivity index (χ2v) is 9.02. The summed E-state index contributed by atoms with van der Waals surface area (Å²) in [6, 6.07) is 4.14. The van der Waals surface area contributed by atoms with Crippen LogP contribution in [0.3, 0.4) is 0 Å². The van der Waals surface area contributed by atoms with Gasteiger partial charge in [0.05, 0.1) is 10.6 Å². The summed E-state index contributed by atoms with van der Waals surface area (Å²) in [5.41, 5.74) is 0.980. The minimum atomic E-state index is -4.30. The molecule has 1 aliphatic rings. The second-order valence-electron chi connectivity index (χ2n) is 6.03. The highest BCUT2D eigenvalue weighted by Gasteiger charge is 2.42. The van der Waals surface area contributed by atoms with E-state index in [0.29, 0.717) is 11.3 Å². The van der Waals surface area contributed by atoms with Crippen LogP contribution in [0.5, 0.6) is 0 Å². The molecule has 7 nitrogen and oxygen atoms in total. The number of benzene rings is 1. The molecule has 124 valence electrons. The van der Waals surface area contributed by atoms with Crippen LogP contribution in [0.4, 0.5) is 5.69 Å². The summed E-state index contributed by atoms with van der Waals surface area (Å²) in [5, 5.41) is 0. The Morgan fingerprint density at radius 1 is 1.18 bits per heavy atom. The first-order valence-corrected chi connectivity index (χ1v) is 9.73. The Kier molecular flexibility index (Phi) is 4.06. The number of fused-ring (bicyclic) bond motifs is 1. The lowest BCUT2D eigenvalue weighted by Crippen LogP contribution is -2.41. The minimum absolute atomic E-state index is 0.0964. The fraction of sp³-hybridized carbons (Fsp3) is 0.538. The fourth-order valence-electron chi connectivity index (χ4n) is 2.79. The third-order valence-electron chi connectivity index (χ3n) is 4.37. The SMILES string of the molecule is CC1N(CCS(=O)(=O)O)c2ccc(S(=O)(=O)O)cc2C1(C)C. The first kappa shape index (κ1) is 17.2. The lowest BCUT2D eigenvalue weighted by molar-refractivity contribution is 0.440. The number of rotatable bonds is 4. The van der Waals surface area contributed by atoms with E-state index in [1.54, 1.807) is 6.07 Å². The van der Waals surface area contributed by atoms with Gasteiger partial charge in [-0.15, -0.1) is 0 Å². The van der Waals surface area contributed by atoms with Gasteiger partial charge in [-0.2, -0.15) is 16.8 Å². The van der Waals surface area contributed by atoms with Gasteiger partial charge < -0.3 is 4.90 Å². The maximum Gasteiger partial charge on any atom is 0.294 e. The van der Waals surface area contributed by atoms with Crippen LogP contribution in [-0.4, -0.2) is 44.3 Å². The molecule has 1 heterocycles. The van der Waals surface area contributed by atoms with Crippen molar-refractivity contribution in [1.82, 2.24) is 0 Å². The topological polar surface area (TPSA) is 112 Å². The zero-order chi connectivity index (χ0) is 16.9. The van der Waals surface area contributed by atoms with E-state index in [9.17, 15) is 21.4 Å². The molecule has 0 spiro atoms. The fourth-order valence-corrected chi connectivity index (χ4v) is 3.73. The minimum Gasteiger partial charge on any atom is -0.367 e. The zero-order valence-corrected chi connectivity index (χ0v) is 14.1. The molecule has 0 saturated carbocycles. The highest BCUT2D eigenvalue weighted by Crippen LogP contribution is 2.45. The van der Waals surface area contributed by atoms with Gasteiger partial charge in [-0.1, -0.05) is 13.8 Å². The third-order valence-corrected chi connectivity index (χ3v) is 5.92. The largest absolute Gasteiger partial charge is 0.367 e. The van der Waals surface area contributed by atoms with Crippen molar-refractivity contribution < 1.29 is 25.9 Å². The normalized spacial score (nSPS) is 21.0. The Balaban J connectivity index is 2.49. The quantitative estimate of drug-likeness (QED) is 0.788. The highest BCUT2D eigenvalue weighted by molar-refractivity contribution is 7.86. The van der Waals surface area contributed by atoms with E-state index in [-0.39, 0.29) is 17.5 Å². The van der Waals surface area contributed by atoms with Gasteiger partial charge in [0, 0.05) is 23.7 Å². The molecule has 9 heteroatoms. The van der Waals surface area contributed by atoms with E-state index in [2.05, 4.69) is 0 Å². The lowest BCUT2D eigenvalue weighted by Gasteiger charge is -2.31. The average molecular weight is 349 g/mol. The Morgan fingerprint density at radius 3 is 2.27 bits per heavy atom. The van der Waals surface area contributed by atoms with Gasteiger partial charge in [0.25, 0.3) is 20.2 Å². The molecule has 0 bridgehead atoms. The second kappa shape index (κ2) is 5.19. The van der Waals surface area contributed by atoms with Crippen molar-refractivity contribution >= 4 is 25.9 Å². The number of anilines is 1. The zero-order valence-electron chi connectivity index (χ0n) is 12.5. The van der Waals surface area contributed by atoms with Crippen LogP contribution in [0.1, 0.15) is 26.3 Å². The summed E-state index contributed by atoms with van der Waals surface area (Å²) in [5.74, 6) is -0.410. The van der Waals surface area contributed by atoms with Gasteiger partial charge in [-0.3, -0.25) is 9.11 Å². The van der Waals surface area contributed by atoms with Crippen molar-refractivity contribution in [2.45, 2.75) is 37.1 Å². The molecule has 22 heavy (non-hydrogen) atoms. The van der Waals surface area contributed by atoms with Crippen LogP contribution >= 0.6 is 0 Å². The average Bonchev–Trinajstić information content (AvgIpc) is 2.54. The van der Waals surface area contributed by atoms with E-state index in [0.717, 1.165) is 0 Å². The Bertz CT molecular complexity index is 798. The molecule has 0 radical (unpaired) electrons. The molecule has 0 aliphatic carbocycles. The Hall–Kier alpha value is -1.16.